The molecule has 0 bridgehead atoms. The van der Waals surface area contributed by atoms with E-state index in [4.69, 9.17) is 51.6 Å². The highest BCUT2D eigenvalue weighted by atomic mass is 16.4. The van der Waals surface area contributed by atoms with Gasteiger partial charge in [0.05, 0.1) is 12.6 Å². The maximum Gasteiger partial charge on any atom is 0.326 e. The van der Waals surface area contributed by atoms with Crippen molar-refractivity contribution in [2.45, 2.75) is 271 Å². The second-order valence-corrected chi connectivity index (χ2v) is 31.9. The van der Waals surface area contributed by atoms with Crippen LogP contribution in [-0.2, 0) is 117 Å². The van der Waals surface area contributed by atoms with Crippen LogP contribution in [0.5, 0.6) is 0 Å². The lowest BCUT2D eigenvalue weighted by Gasteiger charge is -2.33. The van der Waals surface area contributed by atoms with E-state index in [0.29, 0.717) is 18.4 Å². The molecule has 696 valence electrons. The van der Waals surface area contributed by atoms with Gasteiger partial charge in [0.25, 0.3) is 0 Å². The van der Waals surface area contributed by atoms with Crippen LogP contribution in [0.15, 0.2) is 30.3 Å². The Bertz CT molecular complexity index is 4180. The molecular weight excluding hydrogens is 1660 g/mol. The number of nitrogens with zero attached hydrogens (tertiary/aromatic N) is 4. The zero-order valence-electron chi connectivity index (χ0n) is 70.3. The third kappa shape index (κ3) is 33.2. The number of nitrogens with two attached hydrogens (primary N) is 9. The van der Waals surface area contributed by atoms with Gasteiger partial charge in [0, 0.05) is 84.0 Å². The van der Waals surface area contributed by atoms with E-state index in [0.717, 1.165) is 4.90 Å². The Kier molecular flexibility index (Phi) is 41.6. The highest BCUT2D eigenvalue weighted by Gasteiger charge is 2.47. The van der Waals surface area contributed by atoms with Crippen molar-refractivity contribution in [2.75, 3.05) is 32.8 Å². The van der Waals surface area contributed by atoms with Gasteiger partial charge < -0.3 is 135 Å². The summed E-state index contributed by atoms with van der Waals surface area (Å²) in [6, 6.07) is -15.6. The van der Waals surface area contributed by atoms with E-state index in [1.165, 1.54) is 14.7 Å². The van der Waals surface area contributed by atoms with Gasteiger partial charge in [0.1, 0.15) is 84.6 Å². The number of carboxylic acids is 1. The number of aliphatic hydroxyl groups excluding tert-OH is 1. The fourth-order valence-corrected chi connectivity index (χ4v) is 14.9. The first-order chi connectivity index (χ1) is 59.4. The van der Waals surface area contributed by atoms with Crippen molar-refractivity contribution in [2.24, 2.45) is 57.5 Å². The van der Waals surface area contributed by atoms with Crippen LogP contribution in [0, 0.1) is 5.92 Å². The highest BCUT2D eigenvalue weighted by molar-refractivity contribution is 6.02. The SMILES string of the molecule is CC(C)C[C@H](NC(=O)[C@@H]1CCCN1C(=O)[C@H](CCC(N)=O)NC(=O)[C@H](CCC(N)=O)NC(=O)[C@H](CCC(N)=O)NC(=O)[C@H](CCC(N)=O)NC(=O)[C@H](CCC(N)=O)NC(=O)[C@H](CO)NC(=O)[C@H](Cc1ccccc1)NC(=O)[C@@H]1CCCN1C(=O)[C@@H]1CCCN1C(=O)[C@H](CCC(N)=O)NC(=O)[C@@H](N)CCC(N)=O)C(=O)N1CCC[C@H]1C(=O)N[C@@H](CCC(N)=O)C(=O)O. The van der Waals surface area contributed by atoms with Gasteiger partial charge in [0.15, 0.2) is 0 Å². The van der Waals surface area contributed by atoms with Gasteiger partial charge in [-0.25, -0.2) is 4.79 Å². The molecule has 4 fully saturated rings. The van der Waals surface area contributed by atoms with Crippen LogP contribution in [0.3, 0.4) is 0 Å². The minimum atomic E-state index is -2.00. The summed E-state index contributed by atoms with van der Waals surface area (Å²) in [6.07, 6.45) is -7.35. The predicted molar refractivity (Wildman–Crippen MR) is 438 cm³/mol. The maximum atomic E-state index is 14.8. The van der Waals surface area contributed by atoms with Crippen molar-refractivity contribution >= 4 is 136 Å². The smallest absolute Gasteiger partial charge is 0.326 e. The molecule has 48 nitrogen and oxygen atoms in total. The summed E-state index contributed by atoms with van der Waals surface area (Å²) >= 11 is 0. The summed E-state index contributed by atoms with van der Waals surface area (Å²) in [5.74, 6) is -23.5. The van der Waals surface area contributed by atoms with Crippen molar-refractivity contribution in [1.82, 2.24) is 72.8 Å². The van der Waals surface area contributed by atoms with E-state index in [-0.39, 0.29) is 122 Å². The molecule has 0 spiro atoms. The number of carboxylic acid groups (broad SMARTS) is 1. The van der Waals surface area contributed by atoms with E-state index in [1.807, 2.05) is 0 Å². The largest absolute Gasteiger partial charge is 0.480 e. The Hall–Kier alpha value is -13.0. The monoisotopic (exact) mass is 1780 g/mol. The van der Waals surface area contributed by atoms with Crippen molar-refractivity contribution in [3.05, 3.63) is 35.9 Å². The number of rotatable bonds is 54. The molecule has 15 atom stereocenters. The van der Waals surface area contributed by atoms with Crippen LogP contribution in [0.2, 0.25) is 0 Å². The number of nitrogens with one attached hydrogen (secondary N) is 10. The van der Waals surface area contributed by atoms with Gasteiger partial charge in [0.2, 0.25) is 130 Å². The van der Waals surface area contributed by atoms with Crippen molar-refractivity contribution < 1.29 is 120 Å². The molecule has 0 aromatic heterocycles. The first-order valence-corrected chi connectivity index (χ1v) is 41.6. The molecule has 1 aromatic carbocycles. The number of benzene rings is 1. The fourth-order valence-electron chi connectivity index (χ4n) is 14.9. The zero-order valence-corrected chi connectivity index (χ0v) is 70.3. The Morgan fingerprint density at radius 1 is 0.333 bits per heavy atom. The number of aliphatic hydroxyl groups is 1. The van der Waals surface area contributed by atoms with Crippen LogP contribution in [0.25, 0.3) is 0 Å². The summed E-state index contributed by atoms with van der Waals surface area (Å²) in [7, 11) is 0. The normalized spacial score (nSPS) is 18.6. The maximum absolute atomic E-state index is 14.8. The Morgan fingerprint density at radius 2 is 0.603 bits per heavy atom. The van der Waals surface area contributed by atoms with Crippen LogP contribution in [-0.4, -0.2) is 289 Å². The number of hydrogen-bond donors (Lipinski definition) is 21. The van der Waals surface area contributed by atoms with Crippen LogP contribution < -0.4 is 105 Å². The Labute approximate surface area is 724 Å². The van der Waals surface area contributed by atoms with Gasteiger partial charge in [-0.2, -0.15) is 0 Å². The van der Waals surface area contributed by atoms with Gasteiger partial charge in [-0.3, -0.25) is 105 Å². The third-order valence-electron chi connectivity index (χ3n) is 21.6. The summed E-state index contributed by atoms with van der Waals surface area (Å²) in [5, 5.41) is 44.6. The lowest BCUT2D eigenvalue weighted by Crippen LogP contribution is -2.61. The molecule has 4 heterocycles. The summed E-state index contributed by atoms with van der Waals surface area (Å²) in [4.78, 5) is 314. The minimum absolute atomic E-state index is 0.00285. The van der Waals surface area contributed by atoms with Crippen LogP contribution in [0.1, 0.15) is 180 Å². The summed E-state index contributed by atoms with van der Waals surface area (Å²) in [6.45, 7) is 2.15. The first-order valence-electron chi connectivity index (χ1n) is 41.6. The van der Waals surface area contributed by atoms with Gasteiger partial charge in [-0.1, -0.05) is 44.2 Å². The number of hydrogen-bond acceptors (Lipinski definition) is 25. The van der Waals surface area contributed by atoms with E-state index in [2.05, 4.69) is 53.2 Å². The van der Waals surface area contributed by atoms with Crippen LogP contribution >= 0.6 is 0 Å². The zero-order chi connectivity index (χ0) is 93.9. The molecule has 1 aromatic rings. The second kappa shape index (κ2) is 50.6. The summed E-state index contributed by atoms with van der Waals surface area (Å²) in [5.41, 5.74) is 49.6. The minimum Gasteiger partial charge on any atom is -0.480 e. The van der Waals surface area contributed by atoms with E-state index < -0.39 is 297 Å². The van der Waals surface area contributed by atoms with Gasteiger partial charge >= 0.3 is 5.97 Å². The molecule has 22 amide bonds. The average Bonchev–Trinajstić information content (AvgIpc) is 1.64. The number of carbonyl (C=O) groups excluding carboxylic acids is 22. The number of amides is 22. The molecule has 126 heavy (non-hydrogen) atoms. The lowest BCUT2D eigenvalue weighted by atomic mass is 10.0. The van der Waals surface area contributed by atoms with Gasteiger partial charge in [-0.05, 0) is 121 Å². The van der Waals surface area contributed by atoms with Crippen molar-refractivity contribution in [3.8, 4) is 0 Å². The number of primary amides is 8. The Balaban J connectivity index is 1.35. The number of aliphatic carboxylic acids is 1. The molecule has 4 saturated heterocycles. The molecule has 0 saturated carbocycles. The van der Waals surface area contributed by atoms with E-state index in [1.54, 1.807) is 44.2 Å². The molecule has 48 heteroatoms. The van der Waals surface area contributed by atoms with E-state index >= 15 is 0 Å². The topological polar surface area (TPSA) is 801 Å². The molecule has 4 aliphatic rings. The van der Waals surface area contributed by atoms with Crippen molar-refractivity contribution in [3.63, 3.8) is 0 Å². The number of carbonyl (C=O) groups is 23. The highest BCUT2D eigenvalue weighted by Crippen LogP contribution is 2.29. The molecular formula is C78H119N23O25. The predicted octanol–water partition coefficient (Wildman–Crippen LogP) is -10.4. The molecule has 0 radical (unpaired) electrons. The molecule has 4 aliphatic heterocycles. The Morgan fingerprint density at radius 3 is 0.960 bits per heavy atom. The molecule has 5 rings (SSSR count). The second-order valence-electron chi connectivity index (χ2n) is 31.9. The average molecular weight is 1780 g/mol. The summed E-state index contributed by atoms with van der Waals surface area (Å²) < 4.78 is 0. The fraction of sp³-hybridized carbons (Fsp3) is 0.628. The van der Waals surface area contributed by atoms with Crippen molar-refractivity contribution in [1.29, 1.82) is 0 Å². The molecule has 30 N–H and O–H groups in total. The third-order valence-corrected chi connectivity index (χ3v) is 21.6. The quantitative estimate of drug-likeness (QED) is 0.0288. The van der Waals surface area contributed by atoms with Crippen LogP contribution in [0.4, 0.5) is 0 Å². The number of likely N-dealkylation sites (tertiary alicyclic amines) is 4. The van der Waals surface area contributed by atoms with Gasteiger partial charge in [-0.15, -0.1) is 0 Å². The lowest BCUT2D eigenvalue weighted by molar-refractivity contribution is -0.148. The standard InChI is InChI=1S/C78H119N23O25/c1-39(2)36-50(76(123)99-33-7-12-52(99)71(118)94-48(78(125)126)23-31-63(87)110)96-73(120)53-13-6-32-98(53)74(121)47(22-30-62(86)109)93-68(115)45(20-28-60(84)107)90-66(113)43(18-26-58(82)105)88-65(112)42(17-25-57(81)104)89-67(114)44(19-27-59(83)106)91-70(117)51(38-102)97-69(116)49(37-40-10-4-3-5-11-40)95-72(119)54-14-8-34-100(54)77(124)55-15-9-35-101(55)75(122)46(21-29-61(85)108)92-64(111)41(79)16-24-56(80)103/h3-5,10-11,39,41-55,102H,6-9,12-38,79H2,1-2H3,(H2,80,103)(H2,81,104)(H2,82,105)(H2,83,106)(H2,84,107)(H2,85,108)(H2,86,109)(H2,87,110)(H,88,112)(H,89,114)(H,90,113)(H,91,117)(H,92,111)(H,93,115)(H,94,118)(H,95,119)(H,96,120)(H,97,116)(H,125,126)/t41-,42-,43-,44-,45-,46-,47-,48-,49-,50-,51-,52-,53-,54-,55-/m0/s1. The first kappa shape index (κ1) is 103. The van der Waals surface area contributed by atoms with E-state index in [9.17, 15) is 120 Å². The molecule has 0 unspecified atom stereocenters. The molecule has 0 aliphatic carbocycles.